The quantitative estimate of drug-likeness (QED) is 0.694. The van der Waals surface area contributed by atoms with Gasteiger partial charge in [-0.2, -0.15) is 0 Å². The molecular formula is C19H24N2O2S. The molecule has 0 spiro atoms. The van der Waals surface area contributed by atoms with Crippen molar-refractivity contribution >= 4 is 17.4 Å². The SMILES string of the molecule is CC1C=Cc2sc(Oc3ccc(OCCCN(C)C)cc3)nc2C1. The molecule has 0 amide bonds. The summed E-state index contributed by atoms with van der Waals surface area (Å²) in [6.07, 6.45) is 6.39. The van der Waals surface area contributed by atoms with Crippen LogP contribution in [0, 0.1) is 5.92 Å². The van der Waals surface area contributed by atoms with Gasteiger partial charge in [-0.15, -0.1) is 0 Å². The lowest BCUT2D eigenvalue weighted by atomic mass is 10.00. The van der Waals surface area contributed by atoms with Crippen LogP contribution in [0.4, 0.5) is 0 Å². The Labute approximate surface area is 147 Å². The fourth-order valence-electron chi connectivity index (χ4n) is 2.56. The highest BCUT2D eigenvalue weighted by atomic mass is 32.1. The highest BCUT2D eigenvalue weighted by Gasteiger charge is 2.16. The standard InChI is InChI=1S/C19H24N2O2S/c1-14-5-10-18-17(13-14)20-19(24-18)23-16-8-6-15(7-9-16)22-12-4-11-21(2)3/h5-10,14H,4,11-13H2,1-3H3. The monoisotopic (exact) mass is 344 g/mol. The number of benzene rings is 1. The molecule has 1 unspecified atom stereocenters. The van der Waals surface area contributed by atoms with Gasteiger partial charge < -0.3 is 14.4 Å². The van der Waals surface area contributed by atoms with Crippen molar-refractivity contribution in [3.63, 3.8) is 0 Å². The molecule has 4 nitrogen and oxygen atoms in total. The van der Waals surface area contributed by atoms with E-state index in [1.54, 1.807) is 11.3 Å². The van der Waals surface area contributed by atoms with E-state index in [1.165, 1.54) is 4.88 Å². The average molecular weight is 344 g/mol. The van der Waals surface area contributed by atoms with E-state index in [0.29, 0.717) is 11.1 Å². The van der Waals surface area contributed by atoms with Gasteiger partial charge in [-0.1, -0.05) is 24.3 Å². The maximum Gasteiger partial charge on any atom is 0.279 e. The summed E-state index contributed by atoms with van der Waals surface area (Å²) >= 11 is 1.60. The molecule has 0 aliphatic heterocycles. The van der Waals surface area contributed by atoms with E-state index in [1.807, 2.05) is 24.3 Å². The van der Waals surface area contributed by atoms with Crippen LogP contribution in [-0.2, 0) is 6.42 Å². The molecule has 128 valence electrons. The molecule has 1 aromatic carbocycles. The summed E-state index contributed by atoms with van der Waals surface area (Å²) in [6, 6.07) is 7.75. The first-order valence-electron chi connectivity index (χ1n) is 8.33. The maximum absolute atomic E-state index is 5.89. The molecule has 0 N–H and O–H groups in total. The number of nitrogens with zero attached hydrogens (tertiary/aromatic N) is 2. The zero-order valence-corrected chi connectivity index (χ0v) is 15.3. The molecule has 2 aromatic rings. The minimum absolute atomic E-state index is 0.552. The van der Waals surface area contributed by atoms with Gasteiger partial charge in [0.25, 0.3) is 5.19 Å². The summed E-state index contributed by atoms with van der Waals surface area (Å²) in [5, 5.41) is 0.707. The van der Waals surface area contributed by atoms with Crippen molar-refractivity contribution in [3.8, 4) is 16.7 Å². The van der Waals surface area contributed by atoms with Gasteiger partial charge >= 0.3 is 0 Å². The summed E-state index contributed by atoms with van der Waals surface area (Å²) in [4.78, 5) is 7.97. The Morgan fingerprint density at radius 3 is 2.71 bits per heavy atom. The second-order valence-electron chi connectivity index (χ2n) is 6.41. The highest BCUT2D eigenvalue weighted by Crippen LogP contribution is 2.34. The molecule has 24 heavy (non-hydrogen) atoms. The van der Waals surface area contributed by atoms with Gasteiger partial charge in [0.05, 0.1) is 17.2 Å². The van der Waals surface area contributed by atoms with Crippen LogP contribution in [0.25, 0.3) is 6.08 Å². The molecule has 0 fully saturated rings. The van der Waals surface area contributed by atoms with Crippen molar-refractivity contribution in [3.05, 3.63) is 40.9 Å². The number of hydrogen-bond acceptors (Lipinski definition) is 5. The minimum Gasteiger partial charge on any atom is -0.494 e. The van der Waals surface area contributed by atoms with Crippen molar-refractivity contribution < 1.29 is 9.47 Å². The number of allylic oxidation sites excluding steroid dienone is 1. The van der Waals surface area contributed by atoms with Gasteiger partial charge in [0.2, 0.25) is 0 Å². The number of fused-ring (bicyclic) bond motifs is 1. The van der Waals surface area contributed by atoms with Crippen molar-refractivity contribution in [2.75, 3.05) is 27.2 Å². The zero-order chi connectivity index (χ0) is 16.9. The first-order valence-corrected chi connectivity index (χ1v) is 9.15. The summed E-state index contributed by atoms with van der Waals surface area (Å²) in [5.74, 6) is 2.21. The van der Waals surface area contributed by atoms with Gasteiger partial charge in [-0.25, -0.2) is 4.98 Å². The molecule has 5 heteroatoms. The van der Waals surface area contributed by atoms with Gasteiger partial charge in [0.1, 0.15) is 11.5 Å². The van der Waals surface area contributed by atoms with Gasteiger partial charge in [-0.3, -0.25) is 0 Å². The van der Waals surface area contributed by atoms with E-state index in [-0.39, 0.29) is 0 Å². The predicted molar refractivity (Wildman–Crippen MR) is 99.2 cm³/mol. The van der Waals surface area contributed by atoms with E-state index in [2.05, 4.69) is 43.1 Å². The van der Waals surface area contributed by atoms with Crippen molar-refractivity contribution in [2.24, 2.45) is 5.92 Å². The smallest absolute Gasteiger partial charge is 0.279 e. The van der Waals surface area contributed by atoms with Crippen LogP contribution in [0.2, 0.25) is 0 Å². The lowest BCUT2D eigenvalue weighted by molar-refractivity contribution is 0.281. The van der Waals surface area contributed by atoms with Crippen LogP contribution >= 0.6 is 11.3 Å². The Kier molecular flexibility index (Phi) is 5.53. The zero-order valence-electron chi connectivity index (χ0n) is 14.5. The first kappa shape index (κ1) is 17.0. The largest absolute Gasteiger partial charge is 0.494 e. The second kappa shape index (κ2) is 7.81. The molecule has 0 radical (unpaired) electrons. The van der Waals surface area contributed by atoms with E-state index >= 15 is 0 Å². The number of thiazole rings is 1. The summed E-state index contributed by atoms with van der Waals surface area (Å²) in [6.45, 7) is 3.96. The second-order valence-corrected chi connectivity index (χ2v) is 7.40. The normalized spacial score (nSPS) is 16.2. The van der Waals surface area contributed by atoms with E-state index < -0.39 is 0 Å². The third-order valence-electron chi connectivity index (χ3n) is 3.85. The molecule has 1 heterocycles. The molecule has 0 bridgehead atoms. The van der Waals surface area contributed by atoms with E-state index in [9.17, 15) is 0 Å². The van der Waals surface area contributed by atoms with Gasteiger partial charge in [0, 0.05) is 6.54 Å². The van der Waals surface area contributed by atoms with Crippen LogP contribution in [0.1, 0.15) is 23.9 Å². The summed E-state index contributed by atoms with van der Waals surface area (Å²) in [5.41, 5.74) is 1.14. The van der Waals surface area contributed by atoms with Crippen LogP contribution in [0.5, 0.6) is 16.7 Å². The van der Waals surface area contributed by atoms with Crippen LogP contribution in [-0.4, -0.2) is 37.1 Å². The number of aromatic nitrogens is 1. The third-order valence-corrected chi connectivity index (χ3v) is 4.79. The lowest BCUT2D eigenvalue weighted by Gasteiger charge is -2.10. The number of hydrogen-bond donors (Lipinski definition) is 0. The lowest BCUT2D eigenvalue weighted by Crippen LogP contribution is -2.15. The minimum atomic E-state index is 0.552. The Hall–Kier alpha value is -1.85. The summed E-state index contributed by atoms with van der Waals surface area (Å²) < 4.78 is 11.6. The predicted octanol–water partition coefficient (Wildman–Crippen LogP) is 4.47. The van der Waals surface area contributed by atoms with E-state index in [0.717, 1.165) is 43.2 Å². The van der Waals surface area contributed by atoms with Crippen molar-refractivity contribution in [2.45, 2.75) is 19.8 Å². The van der Waals surface area contributed by atoms with Crippen LogP contribution in [0.3, 0.4) is 0 Å². The van der Waals surface area contributed by atoms with Crippen LogP contribution in [0.15, 0.2) is 30.3 Å². The van der Waals surface area contributed by atoms with E-state index in [4.69, 9.17) is 9.47 Å². The molecule has 1 aliphatic carbocycles. The highest BCUT2D eigenvalue weighted by molar-refractivity contribution is 7.14. The first-order chi connectivity index (χ1) is 11.6. The molecule has 1 aromatic heterocycles. The maximum atomic E-state index is 5.89. The fraction of sp³-hybridized carbons (Fsp3) is 0.421. The van der Waals surface area contributed by atoms with Crippen molar-refractivity contribution in [1.82, 2.24) is 9.88 Å². The van der Waals surface area contributed by atoms with Gasteiger partial charge in [0.15, 0.2) is 0 Å². The van der Waals surface area contributed by atoms with Crippen LogP contribution < -0.4 is 9.47 Å². The fourth-order valence-corrected chi connectivity index (χ4v) is 3.44. The average Bonchev–Trinajstić information content (AvgIpc) is 2.94. The molecule has 1 atom stereocenters. The summed E-state index contributed by atoms with van der Waals surface area (Å²) in [7, 11) is 4.14. The topological polar surface area (TPSA) is 34.6 Å². The van der Waals surface area contributed by atoms with Crippen molar-refractivity contribution in [1.29, 1.82) is 0 Å². The third kappa shape index (κ3) is 4.58. The molecule has 0 saturated heterocycles. The molecule has 0 saturated carbocycles. The Morgan fingerprint density at radius 2 is 1.96 bits per heavy atom. The molecule has 3 rings (SSSR count). The Morgan fingerprint density at radius 1 is 1.21 bits per heavy atom. The number of rotatable bonds is 7. The Bertz CT molecular complexity index is 692. The molecular weight excluding hydrogens is 320 g/mol. The number of ether oxygens (including phenoxy) is 2. The Balaban J connectivity index is 1.54. The van der Waals surface area contributed by atoms with Gasteiger partial charge in [-0.05, 0) is 63.2 Å². The molecule has 1 aliphatic rings.